The number of alkyl halides is 3. The minimum Gasteiger partial charge on any atom is -0.506 e. The molecule has 0 aliphatic rings. The monoisotopic (exact) mass is 257 g/mol. The fourth-order valence-electron chi connectivity index (χ4n) is 1.09. The average molecular weight is 257 g/mol. The van der Waals surface area contributed by atoms with Gasteiger partial charge < -0.3 is 10.8 Å². The largest absolute Gasteiger partial charge is 0.506 e. The summed E-state index contributed by atoms with van der Waals surface area (Å²) in [4.78, 5) is -1.54. The summed E-state index contributed by atoms with van der Waals surface area (Å²) in [6, 6.07) is 0.904. The highest BCUT2D eigenvalue weighted by atomic mass is 32.2. The molecule has 0 bridgehead atoms. The molecule has 0 aliphatic carbocycles. The van der Waals surface area contributed by atoms with Gasteiger partial charge in [-0.15, -0.1) is 0 Å². The number of halogens is 3. The van der Waals surface area contributed by atoms with Crippen LogP contribution in [0.5, 0.6) is 5.75 Å². The van der Waals surface area contributed by atoms with Crippen LogP contribution >= 0.6 is 0 Å². The second kappa shape index (κ2) is 3.52. The van der Waals surface area contributed by atoms with Gasteiger partial charge in [-0.25, -0.2) is 0 Å². The van der Waals surface area contributed by atoms with Gasteiger partial charge in [0.1, 0.15) is 10.6 Å². The summed E-state index contributed by atoms with van der Waals surface area (Å²) >= 11 is 0. The molecule has 1 rings (SSSR count). The molecule has 0 aromatic heterocycles. The third kappa shape index (κ3) is 2.19. The van der Waals surface area contributed by atoms with Crippen molar-refractivity contribution in [1.82, 2.24) is 0 Å². The van der Waals surface area contributed by atoms with Crippen LogP contribution < -0.4 is 5.73 Å². The van der Waals surface area contributed by atoms with Crippen molar-refractivity contribution in [3.05, 3.63) is 17.7 Å². The lowest BCUT2D eigenvalue weighted by Gasteiger charge is -2.13. The molecular formula is C7H6F3NO4S. The Kier molecular flexibility index (Phi) is 2.77. The number of rotatable bonds is 1. The molecule has 4 N–H and O–H groups in total. The zero-order valence-corrected chi connectivity index (χ0v) is 8.30. The highest BCUT2D eigenvalue weighted by molar-refractivity contribution is 7.86. The molecule has 90 valence electrons. The van der Waals surface area contributed by atoms with Crippen LogP contribution in [0.15, 0.2) is 17.0 Å². The lowest BCUT2D eigenvalue weighted by Crippen LogP contribution is -2.14. The smallest absolute Gasteiger partial charge is 0.417 e. The van der Waals surface area contributed by atoms with E-state index in [0.29, 0.717) is 12.1 Å². The summed E-state index contributed by atoms with van der Waals surface area (Å²) in [5.74, 6) is -0.861. The van der Waals surface area contributed by atoms with E-state index >= 15 is 0 Å². The van der Waals surface area contributed by atoms with E-state index < -0.39 is 38.2 Å². The van der Waals surface area contributed by atoms with Crippen LogP contribution in [0.25, 0.3) is 0 Å². The second-order valence-electron chi connectivity index (χ2n) is 2.85. The predicted octanol–water partition coefficient (Wildman–Crippen LogP) is 1.24. The van der Waals surface area contributed by atoms with E-state index in [2.05, 4.69) is 0 Å². The van der Waals surface area contributed by atoms with Crippen LogP contribution in [-0.2, 0) is 16.3 Å². The standard InChI is InChI=1S/C7H6F3NO4S/c8-7(9,10)3-1-2-4(12)5(11)6(3)16(13,14)15/h1-2,12H,11H2,(H,13,14,15). The van der Waals surface area contributed by atoms with Gasteiger partial charge in [-0.1, -0.05) is 0 Å². The van der Waals surface area contributed by atoms with Gasteiger partial charge in [0.2, 0.25) is 0 Å². The van der Waals surface area contributed by atoms with Crippen molar-refractivity contribution in [2.45, 2.75) is 11.1 Å². The number of nitrogens with two attached hydrogens (primary N) is 1. The zero-order chi connectivity index (χ0) is 12.7. The summed E-state index contributed by atoms with van der Waals surface area (Å²) in [6.07, 6.45) is -5.01. The molecule has 1 aromatic carbocycles. The Morgan fingerprint density at radius 3 is 2.12 bits per heavy atom. The molecule has 16 heavy (non-hydrogen) atoms. The van der Waals surface area contributed by atoms with Crippen molar-refractivity contribution in [3.63, 3.8) is 0 Å². The van der Waals surface area contributed by atoms with E-state index in [0.717, 1.165) is 0 Å². The summed E-state index contributed by atoms with van der Waals surface area (Å²) in [5, 5.41) is 8.99. The van der Waals surface area contributed by atoms with Crippen molar-refractivity contribution in [3.8, 4) is 5.75 Å². The van der Waals surface area contributed by atoms with Crippen molar-refractivity contribution < 1.29 is 31.2 Å². The number of phenols is 1. The van der Waals surface area contributed by atoms with Crippen molar-refractivity contribution >= 4 is 15.8 Å². The molecule has 0 atom stereocenters. The molecule has 1 aromatic rings. The molecule has 0 amide bonds. The maximum absolute atomic E-state index is 12.4. The maximum Gasteiger partial charge on any atom is 0.417 e. The fraction of sp³-hybridized carbons (Fsp3) is 0.143. The fourth-order valence-corrected chi connectivity index (χ4v) is 1.93. The first-order valence-corrected chi connectivity index (χ1v) is 5.15. The lowest BCUT2D eigenvalue weighted by molar-refractivity contribution is -0.139. The molecule has 0 saturated heterocycles. The summed E-state index contributed by atoms with van der Waals surface area (Å²) in [5.41, 5.74) is 2.30. The van der Waals surface area contributed by atoms with Gasteiger partial charge in [0, 0.05) is 0 Å². The van der Waals surface area contributed by atoms with Crippen LogP contribution in [-0.4, -0.2) is 18.1 Å². The third-order valence-corrected chi connectivity index (χ3v) is 2.69. The molecule has 0 unspecified atom stereocenters. The Morgan fingerprint density at radius 2 is 1.75 bits per heavy atom. The molecule has 9 heteroatoms. The SMILES string of the molecule is Nc1c(O)ccc(C(F)(F)F)c1S(=O)(=O)O. The maximum atomic E-state index is 12.4. The zero-order valence-electron chi connectivity index (χ0n) is 7.49. The predicted molar refractivity (Wildman–Crippen MR) is 47.3 cm³/mol. The van der Waals surface area contributed by atoms with E-state index in [1.807, 2.05) is 0 Å². The van der Waals surface area contributed by atoms with Gasteiger partial charge in [-0.2, -0.15) is 21.6 Å². The summed E-state index contributed by atoms with van der Waals surface area (Å²) < 4.78 is 67.2. The Bertz CT molecular complexity index is 523. The van der Waals surface area contributed by atoms with Gasteiger partial charge >= 0.3 is 6.18 Å². The van der Waals surface area contributed by atoms with Crippen molar-refractivity contribution in [2.75, 3.05) is 5.73 Å². The van der Waals surface area contributed by atoms with E-state index in [1.165, 1.54) is 0 Å². The number of anilines is 1. The van der Waals surface area contributed by atoms with Gasteiger partial charge in [0.15, 0.2) is 0 Å². The summed E-state index contributed by atoms with van der Waals surface area (Å²) in [6.45, 7) is 0. The number of benzene rings is 1. The van der Waals surface area contributed by atoms with Crippen LogP contribution in [0.1, 0.15) is 5.56 Å². The number of hydrogen-bond acceptors (Lipinski definition) is 4. The molecular weight excluding hydrogens is 251 g/mol. The quantitative estimate of drug-likeness (QED) is 0.399. The number of hydrogen-bond donors (Lipinski definition) is 3. The molecule has 0 spiro atoms. The van der Waals surface area contributed by atoms with Gasteiger partial charge in [0.05, 0.1) is 11.3 Å². The molecule has 0 heterocycles. The first kappa shape index (κ1) is 12.6. The highest BCUT2D eigenvalue weighted by Gasteiger charge is 2.38. The van der Waals surface area contributed by atoms with Crippen LogP contribution in [0.2, 0.25) is 0 Å². The number of phenolic OH excluding ortho intramolecular Hbond substituents is 1. The minimum absolute atomic E-state index is 0.314. The first-order chi connectivity index (χ1) is 7.05. The van der Waals surface area contributed by atoms with Crippen molar-refractivity contribution in [1.29, 1.82) is 0 Å². The molecule has 0 saturated carbocycles. The Balaban J connectivity index is 3.73. The second-order valence-corrected chi connectivity index (χ2v) is 4.21. The molecule has 0 aliphatic heterocycles. The summed E-state index contributed by atoms with van der Waals surface area (Å²) in [7, 11) is -5.17. The number of nitrogen functional groups attached to an aromatic ring is 1. The van der Waals surface area contributed by atoms with E-state index in [9.17, 15) is 21.6 Å². The van der Waals surface area contributed by atoms with Crippen LogP contribution in [0, 0.1) is 0 Å². The normalized spacial score (nSPS) is 12.8. The third-order valence-electron chi connectivity index (χ3n) is 1.74. The Morgan fingerprint density at radius 1 is 1.25 bits per heavy atom. The van der Waals surface area contributed by atoms with E-state index in [4.69, 9.17) is 15.4 Å². The Hall–Kier alpha value is -1.48. The number of aromatic hydroxyl groups is 1. The van der Waals surface area contributed by atoms with Crippen LogP contribution in [0.3, 0.4) is 0 Å². The Labute approximate surface area is 88.1 Å². The molecule has 0 fully saturated rings. The lowest BCUT2D eigenvalue weighted by atomic mass is 10.2. The molecule has 0 radical (unpaired) electrons. The highest BCUT2D eigenvalue weighted by Crippen LogP contribution is 2.39. The van der Waals surface area contributed by atoms with Crippen molar-refractivity contribution in [2.24, 2.45) is 0 Å². The average Bonchev–Trinajstić information content (AvgIpc) is 2.05. The van der Waals surface area contributed by atoms with E-state index in [-0.39, 0.29) is 0 Å². The van der Waals surface area contributed by atoms with Crippen LogP contribution in [0.4, 0.5) is 18.9 Å². The van der Waals surface area contributed by atoms with Gasteiger partial charge in [-0.3, -0.25) is 4.55 Å². The molecule has 5 nitrogen and oxygen atoms in total. The minimum atomic E-state index is -5.17. The topological polar surface area (TPSA) is 101 Å². The van der Waals surface area contributed by atoms with Gasteiger partial charge in [-0.05, 0) is 12.1 Å². The van der Waals surface area contributed by atoms with Gasteiger partial charge in [0.25, 0.3) is 10.1 Å². The van der Waals surface area contributed by atoms with E-state index in [1.54, 1.807) is 0 Å². The first-order valence-electron chi connectivity index (χ1n) is 3.71.